The first-order valence-corrected chi connectivity index (χ1v) is 11.5. The van der Waals surface area contributed by atoms with Crippen molar-refractivity contribution in [3.63, 3.8) is 0 Å². The van der Waals surface area contributed by atoms with Gasteiger partial charge >= 0.3 is 12.4 Å². The highest BCUT2D eigenvalue weighted by molar-refractivity contribution is 5.85. The lowest BCUT2D eigenvalue weighted by Crippen LogP contribution is -2.54. The fourth-order valence-electron chi connectivity index (χ4n) is 5.47. The Labute approximate surface area is 214 Å². The van der Waals surface area contributed by atoms with Crippen LogP contribution in [0.3, 0.4) is 0 Å². The van der Waals surface area contributed by atoms with Crippen LogP contribution in [-0.4, -0.2) is 32.4 Å². The van der Waals surface area contributed by atoms with Gasteiger partial charge in [0, 0.05) is 6.04 Å². The summed E-state index contributed by atoms with van der Waals surface area (Å²) in [6.45, 7) is 1.48. The molecule has 200 valence electrons. The molecule has 2 aliphatic heterocycles. The number of aromatic nitrogens is 4. The highest BCUT2D eigenvalue weighted by Gasteiger charge is 2.55. The lowest BCUT2D eigenvalue weighted by molar-refractivity contribution is -0.143. The summed E-state index contributed by atoms with van der Waals surface area (Å²) in [7, 11) is 0. The Kier molecular flexibility index (Phi) is 7.30. The van der Waals surface area contributed by atoms with E-state index in [9.17, 15) is 26.3 Å². The van der Waals surface area contributed by atoms with E-state index in [0.29, 0.717) is 19.3 Å². The van der Waals surface area contributed by atoms with Crippen molar-refractivity contribution < 1.29 is 31.1 Å². The summed E-state index contributed by atoms with van der Waals surface area (Å²) in [5.41, 5.74) is -2.70. The Morgan fingerprint density at radius 3 is 2.22 bits per heavy atom. The summed E-state index contributed by atoms with van der Waals surface area (Å²) in [6.07, 6.45) is -8.09. The average molecular weight is 548 g/mol. The normalized spacial score (nSPS) is 26.5. The van der Waals surface area contributed by atoms with Gasteiger partial charge in [0.05, 0.1) is 34.9 Å². The molecule has 1 N–H and O–H groups in total. The molecular weight excluding hydrogens is 524 g/mol. The van der Waals surface area contributed by atoms with Crippen LogP contribution in [0.15, 0.2) is 54.9 Å². The minimum atomic E-state index is -4.93. The zero-order valence-electron chi connectivity index (χ0n) is 19.5. The number of piperidine rings is 1. The highest BCUT2D eigenvalue weighted by atomic mass is 35.5. The van der Waals surface area contributed by atoms with Crippen LogP contribution in [0.2, 0.25) is 0 Å². The minimum Gasteiger partial charge on any atom is -0.368 e. The van der Waals surface area contributed by atoms with Crippen molar-refractivity contribution in [2.75, 3.05) is 0 Å². The fraction of sp³-hybridized carbons (Fsp3) is 0.458. The number of nitrogens with zero attached hydrogens (tertiary/aromatic N) is 4. The van der Waals surface area contributed by atoms with E-state index in [1.807, 2.05) is 30.3 Å². The Balaban J connectivity index is 0.00000320. The number of alkyl halides is 6. The number of ether oxygens (including phenoxy) is 1. The summed E-state index contributed by atoms with van der Waals surface area (Å²) >= 11 is 0. The standard InChI is InChI=1S/C24H23F6N5O.ClH/c1-14(15-9-17(23(25,26)27)11-18(10-15)24(28,29)30)36-21-8-7-19-20(35-13-31-33-34-35)12-22(21,32-19)16-5-3-2-4-6-16;/h2-6,9-11,13-14,19-21,32H,7-8,12H2,1H3;1H/t14-,19-,20+,21+,22+;/m0./s1. The average Bonchev–Trinajstić information content (AvgIpc) is 3.47. The first-order valence-electron chi connectivity index (χ1n) is 11.5. The molecule has 2 aliphatic rings. The van der Waals surface area contributed by atoms with E-state index in [4.69, 9.17) is 4.74 Å². The molecular formula is C24H24ClF6N5O. The first kappa shape index (κ1) is 27.3. The van der Waals surface area contributed by atoms with Gasteiger partial charge in [-0.2, -0.15) is 26.3 Å². The van der Waals surface area contributed by atoms with Crippen molar-refractivity contribution in [1.29, 1.82) is 0 Å². The molecule has 2 fully saturated rings. The summed E-state index contributed by atoms with van der Waals surface area (Å²) in [4.78, 5) is 0. The molecule has 6 nitrogen and oxygen atoms in total. The van der Waals surface area contributed by atoms with Crippen LogP contribution in [0.1, 0.15) is 60.6 Å². The van der Waals surface area contributed by atoms with E-state index in [1.165, 1.54) is 13.3 Å². The van der Waals surface area contributed by atoms with Crippen LogP contribution < -0.4 is 5.32 Å². The monoisotopic (exact) mass is 547 g/mol. The smallest absolute Gasteiger partial charge is 0.368 e. The molecule has 0 spiro atoms. The van der Waals surface area contributed by atoms with E-state index in [1.54, 1.807) is 4.68 Å². The Hall–Kier alpha value is -2.70. The van der Waals surface area contributed by atoms with Gasteiger partial charge in [-0.05, 0) is 65.9 Å². The van der Waals surface area contributed by atoms with Crippen molar-refractivity contribution in [3.05, 3.63) is 77.1 Å². The highest BCUT2D eigenvalue weighted by Crippen LogP contribution is 2.50. The number of hydrogen-bond donors (Lipinski definition) is 1. The number of fused-ring (bicyclic) bond motifs is 2. The Morgan fingerprint density at radius 2 is 1.65 bits per heavy atom. The van der Waals surface area contributed by atoms with E-state index in [0.717, 1.165) is 17.7 Å². The second-order valence-electron chi connectivity index (χ2n) is 9.33. The molecule has 0 aliphatic carbocycles. The van der Waals surface area contributed by atoms with Gasteiger partial charge in [0.1, 0.15) is 6.33 Å². The van der Waals surface area contributed by atoms with Gasteiger partial charge in [-0.25, -0.2) is 4.68 Å². The van der Waals surface area contributed by atoms with E-state index < -0.39 is 41.2 Å². The predicted octanol–water partition coefficient (Wildman–Crippen LogP) is 5.87. The molecule has 0 amide bonds. The lowest BCUT2D eigenvalue weighted by Gasteiger charge is -2.43. The van der Waals surface area contributed by atoms with Crippen molar-refractivity contribution in [2.45, 2.75) is 68.4 Å². The summed E-state index contributed by atoms with van der Waals surface area (Å²) in [6, 6.07) is 11.0. The van der Waals surface area contributed by atoms with Gasteiger partial charge in [-0.1, -0.05) is 30.3 Å². The molecule has 2 bridgehead atoms. The zero-order valence-corrected chi connectivity index (χ0v) is 20.3. The minimum absolute atomic E-state index is 0. The molecule has 5 atom stereocenters. The third-order valence-electron chi connectivity index (χ3n) is 7.17. The quantitative estimate of drug-likeness (QED) is 0.405. The van der Waals surface area contributed by atoms with E-state index in [-0.39, 0.29) is 36.1 Å². The number of rotatable bonds is 5. The van der Waals surface area contributed by atoms with Gasteiger partial charge < -0.3 is 10.1 Å². The van der Waals surface area contributed by atoms with Gasteiger partial charge in [0.2, 0.25) is 0 Å². The second-order valence-corrected chi connectivity index (χ2v) is 9.33. The molecule has 0 radical (unpaired) electrons. The maximum absolute atomic E-state index is 13.4. The number of benzene rings is 2. The van der Waals surface area contributed by atoms with Gasteiger partial charge in [-0.15, -0.1) is 17.5 Å². The van der Waals surface area contributed by atoms with E-state index >= 15 is 0 Å². The predicted molar refractivity (Wildman–Crippen MR) is 123 cm³/mol. The zero-order chi connectivity index (χ0) is 25.7. The molecule has 1 aromatic heterocycles. The molecule has 0 unspecified atom stereocenters. The van der Waals surface area contributed by atoms with Crippen LogP contribution >= 0.6 is 12.4 Å². The second kappa shape index (κ2) is 9.88. The van der Waals surface area contributed by atoms with Crippen LogP contribution in [0.25, 0.3) is 0 Å². The number of halogens is 7. The maximum atomic E-state index is 13.4. The summed E-state index contributed by atoms with van der Waals surface area (Å²) in [5.74, 6) is 0. The van der Waals surface area contributed by atoms with Crippen LogP contribution in [0, 0.1) is 0 Å². The van der Waals surface area contributed by atoms with Crippen molar-refractivity contribution in [1.82, 2.24) is 25.5 Å². The van der Waals surface area contributed by atoms with E-state index in [2.05, 4.69) is 20.8 Å². The maximum Gasteiger partial charge on any atom is 0.416 e. The van der Waals surface area contributed by atoms with Crippen molar-refractivity contribution >= 4 is 12.4 Å². The number of hydrogen-bond acceptors (Lipinski definition) is 5. The molecule has 5 rings (SSSR count). The van der Waals surface area contributed by atoms with Gasteiger partial charge in [0.25, 0.3) is 0 Å². The number of nitrogens with one attached hydrogen (secondary N) is 1. The molecule has 37 heavy (non-hydrogen) atoms. The van der Waals surface area contributed by atoms with Gasteiger partial charge in [-0.3, -0.25) is 0 Å². The van der Waals surface area contributed by atoms with Crippen LogP contribution in [0.5, 0.6) is 0 Å². The molecule has 0 saturated carbocycles. The summed E-state index contributed by atoms with van der Waals surface area (Å²) in [5, 5.41) is 15.1. The third kappa shape index (κ3) is 5.19. The molecule has 3 aromatic rings. The van der Waals surface area contributed by atoms with Crippen LogP contribution in [0.4, 0.5) is 26.3 Å². The SMILES string of the molecule is C[C@H](O[C@@H]1CC[C@@H]2N[C@@]1(c1ccccc1)C[C@H]2n1cnnn1)c1cc(C(F)(F)F)cc(C(F)(F)F)c1.Cl. The van der Waals surface area contributed by atoms with Crippen LogP contribution in [-0.2, 0) is 22.6 Å². The largest absolute Gasteiger partial charge is 0.416 e. The third-order valence-corrected chi connectivity index (χ3v) is 7.17. The van der Waals surface area contributed by atoms with Crippen molar-refractivity contribution in [3.8, 4) is 0 Å². The first-order chi connectivity index (χ1) is 17.0. The van der Waals surface area contributed by atoms with Crippen molar-refractivity contribution in [2.24, 2.45) is 0 Å². The molecule has 13 heteroatoms. The Morgan fingerprint density at radius 1 is 1.00 bits per heavy atom. The molecule has 2 saturated heterocycles. The summed E-state index contributed by atoms with van der Waals surface area (Å²) < 4.78 is 88.4. The topological polar surface area (TPSA) is 64.9 Å². The Bertz CT molecular complexity index is 1170. The molecule has 2 aromatic carbocycles. The lowest BCUT2D eigenvalue weighted by atomic mass is 9.80. The molecule has 3 heterocycles. The van der Waals surface area contributed by atoms with Gasteiger partial charge in [0.15, 0.2) is 0 Å². The fourth-order valence-corrected chi connectivity index (χ4v) is 5.47. The number of tetrazole rings is 1.